The molecule has 0 spiro atoms. The number of allylic oxidation sites excluding steroid dienone is 1. The van der Waals surface area contributed by atoms with Crippen LogP contribution >= 0.6 is 23.5 Å². The summed E-state index contributed by atoms with van der Waals surface area (Å²) in [5.74, 6) is -0.849. The van der Waals surface area contributed by atoms with Crippen LogP contribution < -0.4 is 149 Å². The zero-order valence-corrected chi connectivity index (χ0v) is 38.6. The maximum atomic E-state index is 12.4. The monoisotopic (exact) mass is 833 g/mol. The number of primary amides is 1. The SMILES string of the molecule is NC(=O)C1=CN([C@H]2O[C@@H](COP(=O)([O-])OP(=O)([O-])OC[C@H]3O[C@@H](n4cnc5c(N)ncnc54)[C@H](OP(=O)([O-])[O-])[C@@H]3O)[C@H](O)[C@@H]2O)C=CC1.[Na+].[Na+].[Na+].[Na+]. The van der Waals surface area contributed by atoms with Crippen molar-refractivity contribution in [3.05, 3.63) is 36.7 Å². The van der Waals surface area contributed by atoms with Crippen molar-refractivity contribution in [2.24, 2.45) is 5.73 Å². The maximum Gasteiger partial charge on any atom is 1.00 e. The molecule has 0 aromatic carbocycles. The third kappa shape index (κ3) is 12.6. The molecular weight excluding hydrogens is 807 g/mol. The summed E-state index contributed by atoms with van der Waals surface area (Å²) in [6.45, 7) is -2.26. The molecule has 10 atom stereocenters. The van der Waals surface area contributed by atoms with Crippen molar-refractivity contribution in [2.45, 2.75) is 55.5 Å². The van der Waals surface area contributed by atoms with Crippen LogP contribution in [-0.4, -0.2) is 102 Å². The predicted molar refractivity (Wildman–Crippen MR) is 144 cm³/mol. The number of imidazole rings is 1. The fraction of sp³-hybridized carbons (Fsp3) is 0.524. The van der Waals surface area contributed by atoms with Gasteiger partial charge in [0.25, 0.3) is 15.6 Å². The average Bonchev–Trinajstić information content (AvgIpc) is 3.64. The van der Waals surface area contributed by atoms with E-state index in [-0.39, 0.29) is 147 Å². The van der Waals surface area contributed by atoms with E-state index in [1.54, 1.807) is 0 Å². The van der Waals surface area contributed by atoms with Gasteiger partial charge in [-0.25, -0.2) is 19.3 Å². The fourth-order valence-corrected chi connectivity index (χ4v) is 7.45. The summed E-state index contributed by atoms with van der Waals surface area (Å²) >= 11 is 0. The number of hydrogen-bond acceptors (Lipinski definition) is 22. The molecule has 266 valence electrons. The van der Waals surface area contributed by atoms with Gasteiger partial charge in [-0.2, -0.15) is 0 Å². The van der Waals surface area contributed by atoms with Crippen LogP contribution in [0.2, 0.25) is 0 Å². The van der Waals surface area contributed by atoms with Crippen molar-refractivity contribution in [2.75, 3.05) is 18.9 Å². The molecule has 0 radical (unpaired) electrons. The molecule has 2 fully saturated rings. The quantitative estimate of drug-likeness (QED) is 0.0924. The van der Waals surface area contributed by atoms with Gasteiger partial charge in [0.05, 0.1) is 27.4 Å². The standard InChI is InChI=1S/C21H30N7O17P3.4Na/c22-17-12-19(25-7-24-17)28(8-26-12)21-16(44-46(33,34)35)14(30)11(43-21)6-41-48(38,39)45-47(36,37)40-5-10-13(29)15(31)20(42-10)27-3-1-2-9(4-27)18(23)32;;;;/h1,3-4,7-8,10-11,13-16,20-21,29-31H,2,5-6H2,(H2,23,32)(H,36,37)(H,38,39)(H2,22,24,25)(H2,33,34,35);;;;/q;4*+1/p-4/t10-,11+,13-,14+,15-,16+,20-,21+;;;;/m0..../s1. The number of amides is 1. The number of phosphoric acid groups is 3. The fourth-order valence-electron chi connectivity index (χ4n) is 4.91. The van der Waals surface area contributed by atoms with Crippen LogP contribution in [-0.2, 0) is 45.8 Å². The van der Waals surface area contributed by atoms with Crippen LogP contribution in [0, 0.1) is 0 Å². The van der Waals surface area contributed by atoms with Gasteiger partial charge in [0.15, 0.2) is 23.9 Å². The Morgan fingerprint density at radius 3 is 2.06 bits per heavy atom. The van der Waals surface area contributed by atoms with Crippen LogP contribution in [0.25, 0.3) is 11.2 Å². The van der Waals surface area contributed by atoms with Gasteiger partial charge in [-0.1, -0.05) is 6.08 Å². The number of hydrogen-bond donors (Lipinski definition) is 5. The Bertz CT molecular complexity index is 1760. The first-order chi connectivity index (χ1) is 22.4. The maximum absolute atomic E-state index is 12.4. The van der Waals surface area contributed by atoms with Gasteiger partial charge in [-0.3, -0.25) is 18.5 Å². The Balaban J connectivity index is 0.00000338. The van der Waals surface area contributed by atoms with Crippen molar-refractivity contribution in [3.63, 3.8) is 0 Å². The summed E-state index contributed by atoms with van der Waals surface area (Å²) in [5, 5.41) is 31.4. The summed E-state index contributed by atoms with van der Waals surface area (Å²) < 4.78 is 65.6. The molecule has 0 bridgehead atoms. The Kier molecular flexibility index (Phi) is 20.5. The van der Waals surface area contributed by atoms with E-state index >= 15 is 0 Å². The van der Waals surface area contributed by atoms with E-state index in [4.69, 9.17) is 20.9 Å². The smallest absolute Gasteiger partial charge is 0.790 e. The van der Waals surface area contributed by atoms with Gasteiger partial charge in [0.2, 0.25) is 5.91 Å². The molecule has 24 nitrogen and oxygen atoms in total. The summed E-state index contributed by atoms with van der Waals surface area (Å²) in [4.78, 5) is 71.8. The van der Waals surface area contributed by atoms with Crippen molar-refractivity contribution in [1.82, 2.24) is 24.4 Å². The van der Waals surface area contributed by atoms with E-state index in [9.17, 15) is 53.4 Å². The molecule has 5 rings (SSSR count). The minimum atomic E-state index is -5.86. The minimum absolute atomic E-state index is 0. The van der Waals surface area contributed by atoms with Gasteiger partial charge in [0, 0.05) is 18.0 Å². The molecule has 0 saturated carbocycles. The molecule has 5 heterocycles. The second-order valence-corrected chi connectivity index (χ2v) is 14.4. The predicted octanol–water partition coefficient (Wildman–Crippen LogP) is -17.1. The number of phosphoric ester groups is 3. The number of anilines is 1. The number of nitrogens with zero attached hydrogens (tertiary/aromatic N) is 5. The van der Waals surface area contributed by atoms with Crippen molar-refractivity contribution < 1.29 is 199 Å². The third-order valence-corrected chi connectivity index (χ3v) is 10.1. The second kappa shape index (κ2) is 20.8. The van der Waals surface area contributed by atoms with Gasteiger partial charge >= 0.3 is 118 Å². The molecule has 2 saturated heterocycles. The number of nitrogens with two attached hydrogens (primary N) is 2. The van der Waals surface area contributed by atoms with Crippen LogP contribution in [0.3, 0.4) is 0 Å². The number of carbonyl (C=O) groups is 1. The molecule has 3 aliphatic rings. The molecule has 1 amide bonds. The summed E-state index contributed by atoms with van der Waals surface area (Å²) in [7, 11) is -17.4. The molecule has 0 aliphatic carbocycles. The van der Waals surface area contributed by atoms with E-state index in [0.717, 1.165) is 17.2 Å². The summed E-state index contributed by atoms with van der Waals surface area (Å²) in [6, 6.07) is 0. The second-order valence-electron chi connectivity index (χ2n) is 10.3. The first-order valence-electron chi connectivity index (χ1n) is 13.4. The largest absolute Gasteiger partial charge is 1.00 e. The van der Waals surface area contributed by atoms with Crippen LogP contribution in [0.1, 0.15) is 12.6 Å². The normalized spacial score (nSPS) is 29.4. The number of aliphatic hydroxyl groups is 3. The number of fused-ring (bicyclic) bond motifs is 1. The van der Waals surface area contributed by atoms with Crippen LogP contribution in [0.15, 0.2) is 36.7 Å². The molecule has 31 heteroatoms. The molecule has 2 unspecified atom stereocenters. The topological polar surface area (TPSA) is 375 Å². The Morgan fingerprint density at radius 2 is 1.48 bits per heavy atom. The number of aliphatic hydroxyl groups excluding tert-OH is 3. The van der Waals surface area contributed by atoms with Gasteiger partial charge in [-0.15, -0.1) is 0 Å². The van der Waals surface area contributed by atoms with Crippen molar-refractivity contribution in [3.8, 4) is 0 Å². The summed E-state index contributed by atoms with van der Waals surface area (Å²) in [5.41, 5.74) is 11.1. The van der Waals surface area contributed by atoms with E-state index in [1.807, 2.05) is 0 Å². The summed E-state index contributed by atoms with van der Waals surface area (Å²) in [6.07, 6.45) is -7.38. The zero-order valence-electron chi connectivity index (χ0n) is 27.9. The first kappa shape index (κ1) is 51.3. The van der Waals surface area contributed by atoms with Gasteiger partial charge in [-0.05, 0) is 6.42 Å². The Hall–Kier alpha value is 1.27. The number of nitrogen functional groups attached to an aromatic ring is 1. The molecule has 2 aromatic rings. The van der Waals surface area contributed by atoms with Gasteiger partial charge in [0.1, 0.15) is 48.5 Å². The average molecular weight is 833 g/mol. The minimum Gasteiger partial charge on any atom is -0.790 e. The van der Waals surface area contributed by atoms with Crippen LogP contribution in [0.5, 0.6) is 0 Å². The van der Waals surface area contributed by atoms with Crippen molar-refractivity contribution >= 4 is 46.4 Å². The number of rotatable bonds is 13. The van der Waals surface area contributed by atoms with E-state index in [2.05, 4.69) is 32.8 Å². The first-order valence-corrected chi connectivity index (χ1v) is 17.8. The molecule has 2 aromatic heterocycles. The Morgan fingerprint density at radius 1 is 0.904 bits per heavy atom. The van der Waals surface area contributed by atoms with E-state index < -0.39 is 91.7 Å². The molecular formula is C21H26N7Na4O17P3. The Labute approximate surface area is 382 Å². The zero-order chi connectivity index (χ0) is 35.2. The number of aromatic nitrogens is 4. The van der Waals surface area contributed by atoms with E-state index in [1.165, 1.54) is 23.4 Å². The van der Waals surface area contributed by atoms with E-state index in [0.29, 0.717) is 0 Å². The number of carbonyl (C=O) groups excluding carboxylic acids is 1. The molecule has 7 N–H and O–H groups in total. The third-order valence-electron chi connectivity index (χ3n) is 7.09. The molecule has 52 heavy (non-hydrogen) atoms. The molecule has 3 aliphatic heterocycles. The van der Waals surface area contributed by atoms with Gasteiger partial charge < -0.3 is 78.9 Å². The van der Waals surface area contributed by atoms with Crippen LogP contribution in [0.4, 0.5) is 5.82 Å². The number of ether oxygens (including phenoxy) is 2. The van der Waals surface area contributed by atoms with Crippen molar-refractivity contribution in [1.29, 1.82) is 0 Å².